The average molecular weight is 232 g/mol. The Hall–Kier alpha value is -1.06. The minimum Gasteiger partial charge on any atom is -0.497 e. The Morgan fingerprint density at radius 1 is 1.24 bits per heavy atom. The third-order valence-electron chi connectivity index (χ3n) is 4.06. The van der Waals surface area contributed by atoms with Crippen molar-refractivity contribution in [3.63, 3.8) is 0 Å². The van der Waals surface area contributed by atoms with E-state index in [0.717, 1.165) is 18.6 Å². The molecule has 0 aromatic heterocycles. The number of benzene rings is 1. The van der Waals surface area contributed by atoms with E-state index in [-0.39, 0.29) is 5.54 Å². The van der Waals surface area contributed by atoms with E-state index in [0.29, 0.717) is 6.04 Å². The van der Waals surface area contributed by atoms with Crippen LogP contribution in [0.1, 0.15) is 30.9 Å². The lowest BCUT2D eigenvalue weighted by Gasteiger charge is -2.42. The molecule has 1 saturated carbocycles. The van der Waals surface area contributed by atoms with Gasteiger partial charge >= 0.3 is 0 Å². The first-order valence-corrected chi connectivity index (χ1v) is 6.40. The predicted molar refractivity (Wildman–Crippen MR) is 68.1 cm³/mol. The zero-order valence-electron chi connectivity index (χ0n) is 10.4. The maximum Gasteiger partial charge on any atom is 0.118 e. The van der Waals surface area contributed by atoms with Crippen LogP contribution < -0.4 is 10.5 Å². The zero-order valence-corrected chi connectivity index (χ0v) is 10.4. The molecule has 1 aliphatic carbocycles. The third kappa shape index (κ3) is 1.94. The lowest BCUT2D eigenvalue weighted by atomic mass is 9.93. The Morgan fingerprint density at radius 3 is 2.29 bits per heavy atom. The fraction of sp³-hybridized carbons (Fsp3) is 0.571. The van der Waals surface area contributed by atoms with Gasteiger partial charge in [-0.25, -0.2) is 0 Å². The Balaban J connectivity index is 1.86. The van der Waals surface area contributed by atoms with Gasteiger partial charge in [-0.1, -0.05) is 12.1 Å². The molecule has 2 fully saturated rings. The first-order chi connectivity index (χ1) is 8.23. The number of hydrogen-bond donors (Lipinski definition) is 1. The summed E-state index contributed by atoms with van der Waals surface area (Å²) in [6.07, 6.45) is 3.61. The largest absolute Gasteiger partial charge is 0.497 e. The summed E-state index contributed by atoms with van der Waals surface area (Å²) in [5, 5.41) is 0. The van der Waals surface area contributed by atoms with Gasteiger partial charge < -0.3 is 10.5 Å². The van der Waals surface area contributed by atoms with Crippen molar-refractivity contribution in [3.8, 4) is 5.75 Å². The van der Waals surface area contributed by atoms with E-state index in [2.05, 4.69) is 17.0 Å². The van der Waals surface area contributed by atoms with E-state index >= 15 is 0 Å². The summed E-state index contributed by atoms with van der Waals surface area (Å²) >= 11 is 0. The van der Waals surface area contributed by atoms with Crippen molar-refractivity contribution in [1.82, 2.24) is 4.90 Å². The SMILES string of the molecule is COc1ccc(C(N2CCC2)C2(N)CC2)cc1. The van der Waals surface area contributed by atoms with Crippen LogP contribution in [0.2, 0.25) is 0 Å². The van der Waals surface area contributed by atoms with Crippen LogP contribution >= 0.6 is 0 Å². The molecule has 0 bridgehead atoms. The molecule has 92 valence electrons. The Bertz CT molecular complexity index is 393. The molecule has 0 radical (unpaired) electrons. The van der Waals surface area contributed by atoms with E-state index in [4.69, 9.17) is 10.5 Å². The van der Waals surface area contributed by atoms with E-state index in [9.17, 15) is 0 Å². The molecule has 1 heterocycles. The van der Waals surface area contributed by atoms with Gasteiger partial charge in [-0.3, -0.25) is 4.90 Å². The summed E-state index contributed by atoms with van der Waals surface area (Å²) in [6.45, 7) is 2.38. The van der Waals surface area contributed by atoms with Gasteiger partial charge in [0.1, 0.15) is 5.75 Å². The van der Waals surface area contributed by atoms with Gasteiger partial charge in [0.15, 0.2) is 0 Å². The molecule has 2 aliphatic rings. The predicted octanol–water partition coefficient (Wildman–Crippen LogP) is 1.93. The number of likely N-dealkylation sites (tertiary alicyclic amines) is 1. The topological polar surface area (TPSA) is 38.5 Å². The Kier molecular flexibility index (Phi) is 2.60. The smallest absolute Gasteiger partial charge is 0.118 e. The molecule has 17 heavy (non-hydrogen) atoms. The minimum absolute atomic E-state index is 0.0228. The molecule has 3 nitrogen and oxygen atoms in total. The van der Waals surface area contributed by atoms with E-state index in [1.807, 2.05) is 12.1 Å². The highest BCUT2D eigenvalue weighted by Crippen LogP contribution is 2.48. The van der Waals surface area contributed by atoms with Crippen LogP contribution in [0, 0.1) is 0 Å². The summed E-state index contributed by atoms with van der Waals surface area (Å²) in [4.78, 5) is 2.51. The molecule has 1 unspecified atom stereocenters. The number of nitrogens with two attached hydrogens (primary N) is 1. The molecular weight excluding hydrogens is 212 g/mol. The molecule has 1 aliphatic heterocycles. The van der Waals surface area contributed by atoms with Crippen molar-refractivity contribution in [2.75, 3.05) is 20.2 Å². The standard InChI is InChI=1S/C14H20N2O/c1-17-12-5-3-11(4-6-12)13(14(15)7-8-14)16-9-2-10-16/h3-6,13H,2,7-10,15H2,1H3. The average Bonchev–Trinajstić information content (AvgIpc) is 3.03. The van der Waals surface area contributed by atoms with Crippen LogP contribution in [0.3, 0.4) is 0 Å². The first kappa shape index (κ1) is 11.1. The molecule has 1 atom stereocenters. The molecule has 0 amide bonds. The van der Waals surface area contributed by atoms with Crippen LogP contribution in [0.4, 0.5) is 0 Å². The van der Waals surface area contributed by atoms with Crippen molar-refractivity contribution in [3.05, 3.63) is 29.8 Å². The fourth-order valence-electron chi connectivity index (χ4n) is 2.71. The van der Waals surface area contributed by atoms with Crippen molar-refractivity contribution in [2.45, 2.75) is 30.8 Å². The van der Waals surface area contributed by atoms with Crippen LogP contribution in [0.5, 0.6) is 5.75 Å². The second-order valence-corrected chi connectivity index (χ2v) is 5.30. The molecule has 2 N–H and O–H groups in total. The number of hydrogen-bond acceptors (Lipinski definition) is 3. The van der Waals surface area contributed by atoms with Crippen LogP contribution in [0.15, 0.2) is 24.3 Å². The summed E-state index contributed by atoms with van der Waals surface area (Å²) in [6, 6.07) is 8.80. The first-order valence-electron chi connectivity index (χ1n) is 6.40. The van der Waals surface area contributed by atoms with Gasteiger partial charge in [0.2, 0.25) is 0 Å². The van der Waals surface area contributed by atoms with Crippen LogP contribution in [-0.4, -0.2) is 30.6 Å². The van der Waals surface area contributed by atoms with Crippen LogP contribution in [0.25, 0.3) is 0 Å². The highest BCUT2D eigenvalue weighted by Gasteiger charge is 2.49. The van der Waals surface area contributed by atoms with Crippen molar-refractivity contribution in [1.29, 1.82) is 0 Å². The normalized spacial score (nSPS) is 23.9. The molecular formula is C14H20N2O. The number of ether oxygens (including phenoxy) is 1. The molecule has 1 saturated heterocycles. The quantitative estimate of drug-likeness (QED) is 0.862. The van der Waals surface area contributed by atoms with Gasteiger partial charge in [-0.15, -0.1) is 0 Å². The molecule has 3 heteroatoms. The molecule has 1 aromatic carbocycles. The molecule has 0 spiro atoms. The van der Waals surface area contributed by atoms with Crippen LogP contribution in [-0.2, 0) is 0 Å². The lowest BCUT2D eigenvalue weighted by Crippen LogP contribution is -2.49. The maximum atomic E-state index is 6.43. The van der Waals surface area contributed by atoms with Gasteiger partial charge in [-0.05, 0) is 37.0 Å². The Labute approximate surface area is 103 Å². The van der Waals surface area contributed by atoms with E-state index in [1.54, 1.807) is 7.11 Å². The van der Waals surface area contributed by atoms with E-state index < -0.39 is 0 Å². The summed E-state index contributed by atoms with van der Waals surface area (Å²) < 4.78 is 5.21. The van der Waals surface area contributed by atoms with Crippen molar-refractivity contribution < 1.29 is 4.74 Å². The van der Waals surface area contributed by atoms with Crippen molar-refractivity contribution in [2.24, 2.45) is 5.73 Å². The maximum absolute atomic E-state index is 6.43. The van der Waals surface area contributed by atoms with Gasteiger partial charge in [0, 0.05) is 18.6 Å². The van der Waals surface area contributed by atoms with Gasteiger partial charge in [-0.2, -0.15) is 0 Å². The third-order valence-corrected chi connectivity index (χ3v) is 4.06. The minimum atomic E-state index is 0.0228. The Morgan fingerprint density at radius 2 is 1.88 bits per heavy atom. The molecule has 3 rings (SSSR count). The molecule has 1 aromatic rings. The van der Waals surface area contributed by atoms with Crippen molar-refractivity contribution >= 4 is 0 Å². The second-order valence-electron chi connectivity index (χ2n) is 5.30. The monoisotopic (exact) mass is 232 g/mol. The second kappa shape index (κ2) is 4.00. The number of methoxy groups -OCH3 is 1. The van der Waals surface area contributed by atoms with E-state index in [1.165, 1.54) is 25.1 Å². The lowest BCUT2D eigenvalue weighted by molar-refractivity contribution is 0.0931. The summed E-state index contributed by atoms with van der Waals surface area (Å²) in [7, 11) is 1.70. The number of nitrogens with zero attached hydrogens (tertiary/aromatic N) is 1. The highest BCUT2D eigenvalue weighted by atomic mass is 16.5. The fourth-order valence-corrected chi connectivity index (χ4v) is 2.71. The summed E-state index contributed by atoms with van der Waals surface area (Å²) in [5.74, 6) is 0.915. The number of rotatable bonds is 4. The summed E-state index contributed by atoms with van der Waals surface area (Å²) in [5.41, 5.74) is 7.79. The highest BCUT2D eigenvalue weighted by molar-refractivity contribution is 5.33. The zero-order chi connectivity index (χ0) is 11.9. The van der Waals surface area contributed by atoms with Gasteiger partial charge in [0.25, 0.3) is 0 Å². The van der Waals surface area contributed by atoms with Gasteiger partial charge in [0.05, 0.1) is 13.2 Å².